The summed E-state index contributed by atoms with van der Waals surface area (Å²) in [5.41, 5.74) is 2.66. The standard InChI is InChI=1S/C31H37O3/c1-2-3-4-5-6-7-8-9-10-14-25-33-29-23-21-27(22-24-29)26-17-19-28(20-18-26)31(32)34-30-15-12-11-13-16-30/h12-13,15-24H,2-10,14,25H2,1H3. The normalized spacial score (nSPS) is 10.7. The first-order valence-electron chi connectivity index (χ1n) is 12.8. The molecule has 0 aliphatic heterocycles. The fraction of sp³-hybridized carbons (Fsp3) is 0.387. The van der Waals surface area contributed by atoms with Gasteiger partial charge in [-0.25, -0.2) is 4.79 Å². The number of hydrogen-bond acceptors (Lipinski definition) is 3. The van der Waals surface area contributed by atoms with E-state index >= 15 is 0 Å². The van der Waals surface area contributed by atoms with Gasteiger partial charge in [0.25, 0.3) is 0 Å². The molecule has 0 heterocycles. The lowest BCUT2D eigenvalue weighted by Crippen LogP contribution is -2.08. The van der Waals surface area contributed by atoms with E-state index in [1.165, 1.54) is 57.8 Å². The minimum atomic E-state index is -0.367. The van der Waals surface area contributed by atoms with E-state index < -0.39 is 0 Å². The van der Waals surface area contributed by atoms with Crippen LogP contribution in [-0.4, -0.2) is 12.6 Å². The minimum Gasteiger partial charge on any atom is -0.494 e. The highest BCUT2D eigenvalue weighted by atomic mass is 16.5. The molecule has 0 saturated carbocycles. The predicted molar refractivity (Wildman–Crippen MR) is 139 cm³/mol. The van der Waals surface area contributed by atoms with E-state index in [1.54, 1.807) is 36.4 Å². The molecule has 3 rings (SSSR count). The van der Waals surface area contributed by atoms with E-state index in [4.69, 9.17) is 9.47 Å². The molecule has 0 unspecified atom stereocenters. The summed E-state index contributed by atoms with van der Waals surface area (Å²) in [6.45, 7) is 3.04. The summed E-state index contributed by atoms with van der Waals surface area (Å²) in [7, 11) is 0. The monoisotopic (exact) mass is 457 g/mol. The van der Waals surface area contributed by atoms with Gasteiger partial charge < -0.3 is 9.47 Å². The molecule has 1 radical (unpaired) electrons. The molecule has 0 atom stereocenters. The van der Waals surface area contributed by atoms with Crippen molar-refractivity contribution in [3.63, 3.8) is 0 Å². The molecule has 34 heavy (non-hydrogen) atoms. The molecule has 0 saturated heterocycles. The molecule has 3 aromatic carbocycles. The Kier molecular flexibility index (Phi) is 11.2. The van der Waals surface area contributed by atoms with Gasteiger partial charge in [-0.05, 0) is 60.0 Å². The molecule has 179 valence electrons. The topological polar surface area (TPSA) is 35.5 Å². The lowest BCUT2D eigenvalue weighted by molar-refractivity contribution is 0.0735. The smallest absolute Gasteiger partial charge is 0.343 e. The highest BCUT2D eigenvalue weighted by molar-refractivity contribution is 5.91. The van der Waals surface area contributed by atoms with Gasteiger partial charge in [0.05, 0.1) is 12.2 Å². The molecule has 0 fully saturated rings. The van der Waals surface area contributed by atoms with Crippen LogP contribution in [0.4, 0.5) is 0 Å². The number of unbranched alkanes of at least 4 members (excludes halogenated alkanes) is 9. The fourth-order valence-corrected chi connectivity index (χ4v) is 3.93. The average molecular weight is 458 g/mol. The van der Waals surface area contributed by atoms with E-state index in [9.17, 15) is 4.79 Å². The highest BCUT2D eigenvalue weighted by Gasteiger charge is 2.09. The maximum atomic E-state index is 12.3. The Balaban J connectivity index is 1.34. The van der Waals surface area contributed by atoms with Crippen LogP contribution < -0.4 is 9.47 Å². The van der Waals surface area contributed by atoms with Crippen LogP contribution in [0.1, 0.15) is 81.5 Å². The van der Waals surface area contributed by atoms with Gasteiger partial charge in [-0.15, -0.1) is 0 Å². The van der Waals surface area contributed by atoms with Crippen molar-refractivity contribution in [2.24, 2.45) is 0 Å². The number of carbonyl (C=O) groups is 1. The van der Waals surface area contributed by atoms with E-state index in [2.05, 4.69) is 25.1 Å². The molecular formula is C31H37O3. The molecule has 0 bridgehead atoms. The number of carbonyl (C=O) groups excluding carboxylic acids is 1. The largest absolute Gasteiger partial charge is 0.494 e. The van der Waals surface area contributed by atoms with E-state index in [1.807, 2.05) is 24.3 Å². The number of rotatable bonds is 15. The van der Waals surface area contributed by atoms with Crippen molar-refractivity contribution in [3.8, 4) is 22.6 Å². The Morgan fingerprint density at radius 3 is 1.76 bits per heavy atom. The van der Waals surface area contributed by atoms with Crippen molar-refractivity contribution >= 4 is 5.97 Å². The highest BCUT2D eigenvalue weighted by Crippen LogP contribution is 2.23. The third-order valence-corrected chi connectivity index (χ3v) is 5.97. The van der Waals surface area contributed by atoms with Crippen molar-refractivity contribution in [1.82, 2.24) is 0 Å². The van der Waals surface area contributed by atoms with Crippen LogP contribution in [0.5, 0.6) is 11.5 Å². The molecule has 0 aliphatic carbocycles. The molecule has 0 spiro atoms. The molecule has 3 aromatic rings. The molecule has 0 aliphatic rings. The molecular weight excluding hydrogens is 420 g/mol. The first-order chi connectivity index (χ1) is 16.8. The Morgan fingerprint density at radius 1 is 0.647 bits per heavy atom. The van der Waals surface area contributed by atoms with Gasteiger partial charge in [-0.1, -0.05) is 101 Å². The molecule has 3 heteroatoms. The average Bonchev–Trinajstić information content (AvgIpc) is 2.88. The molecule has 3 nitrogen and oxygen atoms in total. The Hall–Kier alpha value is -3.07. The number of esters is 1. The van der Waals surface area contributed by atoms with Gasteiger partial charge in [0, 0.05) is 0 Å². The first kappa shape index (κ1) is 25.6. The molecule has 0 aromatic heterocycles. The van der Waals surface area contributed by atoms with Crippen molar-refractivity contribution in [2.75, 3.05) is 6.61 Å². The zero-order valence-electron chi connectivity index (χ0n) is 20.4. The van der Waals surface area contributed by atoms with Crippen LogP contribution in [0, 0.1) is 6.07 Å². The van der Waals surface area contributed by atoms with Crippen LogP contribution in [0.3, 0.4) is 0 Å². The quantitative estimate of drug-likeness (QED) is 0.130. The summed E-state index contributed by atoms with van der Waals surface area (Å²) in [5, 5.41) is 0. The van der Waals surface area contributed by atoms with Crippen LogP contribution in [-0.2, 0) is 0 Å². The van der Waals surface area contributed by atoms with Gasteiger partial charge in [-0.3, -0.25) is 0 Å². The van der Waals surface area contributed by atoms with E-state index in [0.29, 0.717) is 11.3 Å². The van der Waals surface area contributed by atoms with Crippen molar-refractivity contribution in [2.45, 2.75) is 71.1 Å². The minimum absolute atomic E-state index is 0.367. The third kappa shape index (κ3) is 9.05. The molecule has 0 N–H and O–H groups in total. The van der Waals surface area contributed by atoms with Gasteiger partial charge in [0.2, 0.25) is 0 Å². The second-order valence-electron chi connectivity index (χ2n) is 8.76. The Bertz CT molecular complexity index is 946. The third-order valence-electron chi connectivity index (χ3n) is 5.97. The summed E-state index contributed by atoms with van der Waals surface area (Å²) in [6.07, 6.45) is 13.3. The summed E-state index contributed by atoms with van der Waals surface area (Å²) in [4.78, 5) is 12.3. The first-order valence-corrected chi connectivity index (χ1v) is 12.8. The summed E-state index contributed by atoms with van der Waals surface area (Å²) in [6, 6.07) is 25.4. The predicted octanol–water partition coefficient (Wildman–Crippen LogP) is 8.67. The summed E-state index contributed by atoms with van der Waals surface area (Å²) in [5.74, 6) is 1.05. The van der Waals surface area contributed by atoms with Crippen molar-refractivity contribution in [1.29, 1.82) is 0 Å². The van der Waals surface area contributed by atoms with Gasteiger partial charge in [-0.2, -0.15) is 0 Å². The maximum absolute atomic E-state index is 12.3. The fourth-order valence-electron chi connectivity index (χ4n) is 3.93. The van der Waals surface area contributed by atoms with Crippen LogP contribution in [0.2, 0.25) is 0 Å². The van der Waals surface area contributed by atoms with Crippen LogP contribution in [0.15, 0.2) is 72.8 Å². The maximum Gasteiger partial charge on any atom is 0.343 e. The second kappa shape index (κ2) is 15.0. The van der Waals surface area contributed by atoms with E-state index in [0.717, 1.165) is 29.9 Å². The Labute approximate surface area is 205 Å². The lowest BCUT2D eigenvalue weighted by atomic mass is 10.0. The summed E-state index contributed by atoms with van der Waals surface area (Å²) >= 11 is 0. The second-order valence-corrected chi connectivity index (χ2v) is 8.76. The molecule has 0 amide bonds. The number of hydrogen-bond donors (Lipinski definition) is 0. The lowest BCUT2D eigenvalue weighted by Gasteiger charge is -2.08. The SMILES string of the molecule is CCCCCCCCCCCCOc1ccc(-c2ccc(C(=O)Oc3cc[c]cc3)cc2)cc1. The van der Waals surface area contributed by atoms with E-state index in [-0.39, 0.29) is 5.97 Å². The van der Waals surface area contributed by atoms with Crippen LogP contribution >= 0.6 is 0 Å². The van der Waals surface area contributed by atoms with Gasteiger partial charge in [0.1, 0.15) is 11.5 Å². The van der Waals surface area contributed by atoms with Gasteiger partial charge >= 0.3 is 5.97 Å². The van der Waals surface area contributed by atoms with Crippen molar-refractivity contribution in [3.05, 3.63) is 84.4 Å². The zero-order valence-corrected chi connectivity index (χ0v) is 20.4. The van der Waals surface area contributed by atoms with Gasteiger partial charge in [0.15, 0.2) is 0 Å². The van der Waals surface area contributed by atoms with Crippen LogP contribution in [0.25, 0.3) is 11.1 Å². The summed E-state index contributed by atoms with van der Waals surface area (Å²) < 4.78 is 11.3. The number of benzene rings is 3. The zero-order chi connectivity index (χ0) is 23.8. The Morgan fingerprint density at radius 2 is 1.18 bits per heavy atom. The number of ether oxygens (including phenoxy) is 2. The van der Waals surface area contributed by atoms with Crippen molar-refractivity contribution < 1.29 is 14.3 Å².